The van der Waals surface area contributed by atoms with Gasteiger partial charge >= 0.3 is 0 Å². The lowest BCUT2D eigenvalue weighted by Gasteiger charge is -2.44. The first-order valence-electron chi connectivity index (χ1n) is 13.6. The van der Waals surface area contributed by atoms with E-state index in [2.05, 4.69) is 44.4 Å². The van der Waals surface area contributed by atoms with Gasteiger partial charge in [-0.15, -0.1) is 0 Å². The number of likely N-dealkylation sites (N-methyl/N-ethyl adjacent to an activating group) is 1. The van der Waals surface area contributed by atoms with Crippen LogP contribution in [0.15, 0.2) is 24.5 Å². The Labute approximate surface area is 219 Å². The van der Waals surface area contributed by atoms with Crippen LogP contribution in [0.5, 0.6) is 0 Å². The quantitative estimate of drug-likeness (QED) is 0.616. The van der Waals surface area contributed by atoms with Crippen LogP contribution < -0.4 is 20.4 Å². The molecule has 1 aliphatic carbocycles. The minimum absolute atomic E-state index is 0.0749. The van der Waals surface area contributed by atoms with E-state index in [1.54, 1.807) is 17.3 Å². The van der Waals surface area contributed by atoms with Crippen molar-refractivity contribution in [2.45, 2.75) is 76.9 Å². The summed E-state index contributed by atoms with van der Waals surface area (Å²) in [6, 6.07) is 4.35. The zero-order valence-electron chi connectivity index (χ0n) is 22.5. The molecular formula is C28H39N7O2. The largest absolute Gasteiger partial charge is 0.355 e. The Morgan fingerprint density at radius 3 is 2.43 bits per heavy atom. The molecule has 0 aromatic carbocycles. The van der Waals surface area contributed by atoms with E-state index < -0.39 is 0 Å². The van der Waals surface area contributed by atoms with Crippen LogP contribution in [0.4, 0.5) is 23.0 Å². The Bertz CT molecular complexity index is 1160. The molecule has 37 heavy (non-hydrogen) atoms. The number of rotatable bonds is 6. The lowest BCUT2D eigenvalue weighted by molar-refractivity contribution is -0.120. The fourth-order valence-electron chi connectivity index (χ4n) is 5.98. The van der Waals surface area contributed by atoms with Crippen molar-refractivity contribution in [3.63, 3.8) is 0 Å². The molecule has 2 fully saturated rings. The van der Waals surface area contributed by atoms with E-state index in [-0.39, 0.29) is 23.9 Å². The second-order valence-corrected chi connectivity index (χ2v) is 10.8. The van der Waals surface area contributed by atoms with Crippen LogP contribution in [0.3, 0.4) is 0 Å². The number of aromatic nitrogens is 2. The molecule has 2 aromatic heterocycles. The van der Waals surface area contributed by atoms with Gasteiger partial charge in [-0.2, -0.15) is 0 Å². The molecule has 2 amide bonds. The van der Waals surface area contributed by atoms with Gasteiger partial charge in [0.1, 0.15) is 17.7 Å². The summed E-state index contributed by atoms with van der Waals surface area (Å²) >= 11 is 0. The van der Waals surface area contributed by atoms with E-state index >= 15 is 0 Å². The smallest absolute Gasteiger partial charge is 0.253 e. The van der Waals surface area contributed by atoms with Gasteiger partial charge in [-0.1, -0.05) is 19.8 Å². The Kier molecular flexibility index (Phi) is 7.33. The van der Waals surface area contributed by atoms with Gasteiger partial charge in [-0.3, -0.25) is 9.59 Å². The molecule has 198 valence electrons. The third-order valence-corrected chi connectivity index (χ3v) is 8.20. The first-order valence-corrected chi connectivity index (χ1v) is 13.6. The van der Waals surface area contributed by atoms with Crippen LogP contribution in [0, 0.1) is 6.92 Å². The van der Waals surface area contributed by atoms with Crippen molar-refractivity contribution in [2.24, 2.45) is 0 Å². The summed E-state index contributed by atoms with van der Waals surface area (Å²) < 4.78 is 0. The molecule has 1 saturated heterocycles. The average Bonchev–Trinajstić information content (AvgIpc) is 3.43. The van der Waals surface area contributed by atoms with Gasteiger partial charge in [0, 0.05) is 31.4 Å². The van der Waals surface area contributed by atoms with Crippen molar-refractivity contribution < 1.29 is 9.59 Å². The molecule has 2 N–H and O–H groups in total. The third-order valence-electron chi connectivity index (χ3n) is 8.20. The standard InChI is InChI=1S/C28H39N7O2/c1-5-22-28(37)34(4)24-17-29-25(15-23(24)35(22)21-8-6-7-9-21)32-26-18(2)14-19(16-30-26)27(36)31-20-10-12-33(3)13-11-20/h14-17,20-22H,5-13H2,1-4H3,(H,31,36)(H,29,30,32). The van der Waals surface area contributed by atoms with Crippen molar-refractivity contribution >= 4 is 34.8 Å². The third kappa shape index (κ3) is 5.14. The van der Waals surface area contributed by atoms with Crippen LogP contribution in [0.25, 0.3) is 0 Å². The summed E-state index contributed by atoms with van der Waals surface area (Å²) in [6.07, 6.45) is 10.7. The molecule has 1 unspecified atom stereocenters. The molecule has 4 heterocycles. The summed E-state index contributed by atoms with van der Waals surface area (Å²) in [7, 11) is 3.95. The molecular weight excluding hydrogens is 466 g/mol. The Morgan fingerprint density at radius 2 is 1.76 bits per heavy atom. The van der Waals surface area contributed by atoms with E-state index in [0.29, 0.717) is 23.2 Å². The zero-order chi connectivity index (χ0) is 26.1. The van der Waals surface area contributed by atoms with Gasteiger partial charge in [-0.05, 0) is 70.8 Å². The van der Waals surface area contributed by atoms with Crippen molar-refractivity contribution in [1.82, 2.24) is 20.2 Å². The van der Waals surface area contributed by atoms with E-state index in [4.69, 9.17) is 0 Å². The van der Waals surface area contributed by atoms with E-state index in [0.717, 1.165) is 62.1 Å². The summed E-state index contributed by atoms with van der Waals surface area (Å²) in [4.78, 5) is 41.5. The molecule has 2 aliphatic heterocycles. The number of nitrogens with zero attached hydrogens (tertiary/aromatic N) is 5. The number of pyridine rings is 2. The van der Waals surface area contributed by atoms with E-state index in [9.17, 15) is 9.59 Å². The van der Waals surface area contributed by atoms with Gasteiger partial charge in [0.05, 0.1) is 23.1 Å². The lowest BCUT2D eigenvalue weighted by Crippen LogP contribution is -2.55. The number of hydrogen-bond acceptors (Lipinski definition) is 7. The summed E-state index contributed by atoms with van der Waals surface area (Å²) in [5.41, 5.74) is 3.34. The van der Waals surface area contributed by atoms with Crippen molar-refractivity contribution in [3.05, 3.63) is 35.7 Å². The lowest BCUT2D eigenvalue weighted by atomic mass is 10.0. The molecule has 1 saturated carbocycles. The number of anilines is 4. The first-order chi connectivity index (χ1) is 17.9. The van der Waals surface area contributed by atoms with Gasteiger partial charge in [0.15, 0.2) is 0 Å². The maximum atomic E-state index is 13.1. The molecule has 0 radical (unpaired) electrons. The van der Waals surface area contributed by atoms with Gasteiger partial charge < -0.3 is 25.3 Å². The molecule has 3 aliphatic rings. The highest BCUT2D eigenvalue weighted by Gasteiger charge is 2.40. The molecule has 0 bridgehead atoms. The predicted octanol–water partition coefficient (Wildman–Crippen LogP) is 3.86. The molecule has 1 atom stereocenters. The highest BCUT2D eigenvalue weighted by molar-refractivity contribution is 6.05. The van der Waals surface area contributed by atoms with Crippen LogP contribution in [-0.2, 0) is 4.79 Å². The Balaban J connectivity index is 1.35. The summed E-state index contributed by atoms with van der Waals surface area (Å²) in [6.45, 7) is 6.03. The number of hydrogen-bond donors (Lipinski definition) is 2. The topological polar surface area (TPSA) is 93.7 Å². The van der Waals surface area contributed by atoms with Gasteiger partial charge in [0.25, 0.3) is 5.91 Å². The van der Waals surface area contributed by atoms with Crippen molar-refractivity contribution in [2.75, 3.05) is 42.3 Å². The zero-order valence-corrected chi connectivity index (χ0v) is 22.5. The number of piperidine rings is 1. The Morgan fingerprint density at radius 1 is 1.03 bits per heavy atom. The Hall–Kier alpha value is -3.20. The maximum absolute atomic E-state index is 13.1. The monoisotopic (exact) mass is 505 g/mol. The summed E-state index contributed by atoms with van der Waals surface area (Å²) in [5.74, 6) is 1.41. The number of likely N-dealkylation sites (tertiary alicyclic amines) is 1. The highest BCUT2D eigenvalue weighted by Crippen LogP contribution is 2.41. The molecule has 9 heteroatoms. The number of nitrogens with one attached hydrogen (secondary N) is 2. The number of fused-ring (bicyclic) bond motifs is 1. The van der Waals surface area contributed by atoms with E-state index in [1.165, 1.54) is 12.8 Å². The first kappa shape index (κ1) is 25.4. The molecule has 5 rings (SSSR count). The predicted molar refractivity (Wildman–Crippen MR) is 147 cm³/mol. The number of aryl methyl sites for hydroxylation is 1. The van der Waals surface area contributed by atoms with Gasteiger partial charge in [-0.25, -0.2) is 9.97 Å². The second kappa shape index (κ2) is 10.7. The van der Waals surface area contributed by atoms with Crippen LogP contribution in [0.1, 0.15) is 67.8 Å². The van der Waals surface area contributed by atoms with Crippen molar-refractivity contribution in [1.29, 1.82) is 0 Å². The molecule has 2 aromatic rings. The molecule has 0 spiro atoms. The van der Waals surface area contributed by atoms with Crippen LogP contribution in [-0.4, -0.2) is 72.0 Å². The number of carbonyl (C=O) groups excluding carboxylic acids is 2. The van der Waals surface area contributed by atoms with Crippen LogP contribution >= 0.6 is 0 Å². The van der Waals surface area contributed by atoms with E-state index in [1.807, 2.05) is 26.1 Å². The number of carbonyl (C=O) groups is 2. The minimum atomic E-state index is -0.155. The number of amides is 2. The van der Waals surface area contributed by atoms with Crippen LogP contribution in [0.2, 0.25) is 0 Å². The minimum Gasteiger partial charge on any atom is -0.355 e. The highest BCUT2D eigenvalue weighted by atomic mass is 16.2. The van der Waals surface area contributed by atoms with Gasteiger partial charge in [0.2, 0.25) is 5.91 Å². The maximum Gasteiger partial charge on any atom is 0.253 e. The normalized spacial score (nSPS) is 21.3. The second-order valence-electron chi connectivity index (χ2n) is 10.8. The fourth-order valence-corrected chi connectivity index (χ4v) is 5.98. The summed E-state index contributed by atoms with van der Waals surface area (Å²) in [5, 5.41) is 6.51. The average molecular weight is 506 g/mol. The van der Waals surface area contributed by atoms with Crippen molar-refractivity contribution in [3.8, 4) is 0 Å². The molecule has 9 nitrogen and oxygen atoms in total. The SMILES string of the molecule is CCC1C(=O)N(C)c2cnc(Nc3ncc(C(=O)NC4CCN(C)CC4)cc3C)cc2N1C1CCCC1. The fraction of sp³-hybridized carbons (Fsp3) is 0.571.